The van der Waals surface area contributed by atoms with E-state index in [2.05, 4.69) is 10.3 Å². The van der Waals surface area contributed by atoms with Crippen molar-refractivity contribution in [3.05, 3.63) is 46.5 Å². The van der Waals surface area contributed by atoms with Gasteiger partial charge in [0, 0.05) is 56.7 Å². The summed E-state index contributed by atoms with van der Waals surface area (Å²) < 4.78 is 69.3. The number of hydrogen-bond acceptors (Lipinski definition) is 6. The minimum atomic E-state index is -3.27. The minimum Gasteiger partial charge on any atom is -0.478 e. The van der Waals surface area contributed by atoms with Crippen molar-refractivity contribution >= 4 is 21.9 Å². The van der Waals surface area contributed by atoms with Gasteiger partial charge in [0.15, 0.2) is 0 Å². The molecule has 2 aliphatic rings. The van der Waals surface area contributed by atoms with Crippen molar-refractivity contribution in [3.8, 4) is 0 Å². The first-order chi connectivity index (χ1) is 17.3. The molecular weight excluding hydrogens is 515 g/mol. The average Bonchev–Trinajstić information content (AvgIpc) is 3.29. The predicted molar refractivity (Wildman–Crippen MR) is 125 cm³/mol. The molecule has 10 nitrogen and oxygen atoms in total. The Hall–Kier alpha value is -3.00. The lowest BCUT2D eigenvalue weighted by Crippen LogP contribution is -2.38. The number of fused-ring (bicyclic) bond motifs is 1. The molecular formula is C23H28F3N5O5S. The second kappa shape index (κ2) is 10.4. The summed E-state index contributed by atoms with van der Waals surface area (Å²) in [5, 5.41) is 17.1. The normalized spacial score (nSPS) is 17.6. The molecule has 14 heteroatoms. The number of aromatic nitrogens is 3. The molecule has 0 unspecified atom stereocenters. The summed E-state index contributed by atoms with van der Waals surface area (Å²) in [6.07, 6.45) is 2.54. The van der Waals surface area contributed by atoms with Gasteiger partial charge >= 0.3 is 5.97 Å². The Morgan fingerprint density at radius 2 is 1.86 bits per heavy atom. The van der Waals surface area contributed by atoms with E-state index in [0.717, 1.165) is 17.0 Å². The summed E-state index contributed by atoms with van der Waals surface area (Å²) in [4.78, 5) is 25.3. The van der Waals surface area contributed by atoms with E-state index in [1.807, 2.05) is 0 Å². The first-order valence-electron chi connectivity index (χ1n) is 11.9. The maximum Gasteiger partial charge on any atom is 0.335 e. The molecule has 0 atom stereocenters. The second-order valence-electron chi connectivity index (χ2n) is 9.56. The molecule has 3 heterocycles. The number of piperidine rings is 1. The number of carbonyl (C=O) groups is 2. The molecule has 1 aromatic heterocycles. The lowest BCUT2D eigenvalue weighted by molar-refractivity contribution is -0.134. The number of alkyl halides is 2. The van der Waals surface area contributed by atoms with Crippen LogP contribution in [0.15, 0.2) is 18.3 Å². The fourth-order valence-electron chi connectivity index (χ4n) is 4.88. The molecule has 1 N–H and O–H groups in total. The smallest absolute Gasteiger partial charge is 0.335 e. The van der Waals surface area contributed by atoms with E-state index >= 15 is 0 Å². The summed E-state index contributed by atoms with van der Waals surface area (Å²) in [6, 6.07) is 2.22. The van der Waals surface area contributed by atoms with Crippen LogP contribution in [0.2, 0.25) is 0 Å². The Labute approximate surface area is 212 Å². The average molecular weight is 544 g/mol. The van der Waals surface area contributed by atoms with Gasteiger partial charge in [-0.25, -0.2) is 35.4 Å². The molecule has 1 amide bonds. The molecule has 2 aromatic rings. The number of hydrogen-bond donors (Lipinski definition) is 1. The van der Waals surface area contributed by atoms with Crippen molar-refractivity contribution in [3.63, 3.8) is 0 Å². The third-order valence-corrected chi connectivity index (χ3v) is 8.24. The molecule has 1 aromatic carbocycles. The van der Waals surface area contributed by atoms with E-state index in [1.165, 1.54) is 21.5 Å². The Bertz CT molecular complexity index is 1290. The molecule has 37 heavy (non-hydrogen) atoms. The summed E-state index contributed by atoms with van der Waals surface area (Å²) in [7, 11) is -3.27. The standard InChI is InChI=1S/C23H28F3N5O5S/c1-37(35,36)31-10-5-15(6-11-31)20-13-30(28-27-20)14-23(25,26)8-4-21(32)29-9-7-16-17(22(33)34)2-3-19(24)18(16)12-29/h2-3,13,15H,4-12,14H2,1H3,(H,33,34). The highest BCUT2D eigenvalue weighted by atomic mass is 32.2. The van der Waals surface area contributed by atoms with Crippen molar-refractivity contribution < 1.29 is 36.3 Å². The van der Waals surface area contributed by atoms with Gasteiger partial charge in [-0.3, -0.25) is 4.79 Å². The number of amides is 1. The zero-order valence-electron chi connectivity index (χ0n) is 20.2. The minimum absolute atomic E-state index is 0.0248. The fourth-order valence-corrected chi connectivity index (χ4v) is 5.75. The molecule has 0 radical (unpaired) electrons. The van der Waals surface area contributed by atoms with Crippen LogP contribution in [0.5, 0.6) is 0 Å². The monoisotopic (exact) mass is 543 g/mol. The van der Waals surface area contributed by atoms with Crippen molar-refractivity contribution in [2.75, 3.05) is 25.9 Å². The van der Waals surface area contributed by atoms with Crippen LogP contribution in [-0.4, -0.2) is 81.4 Å². The number of aromatic carboxylic acids is 1. The van der Waals surface area contributed by atoms with Crippen LogP contribution in [0.3, 0.4) is 0 Å². The number of carboxylic acid groups (broad SMARTS) is 1. The molecule has 0 bridgehead atoms. The summed E-state index contributed by atoms with van der Waals surface area (Å²) in [5.41, 5.74) is 0.924. The Morgan fingerprint density at radius 1 is 1.16 bits per heavy atom. The quantitative estimate of drug-likeness (QED) is 0.541. The van der Waals surface area contributed by atoms with Crippen LogP contribution in [0.25, 0.3) is 0 Å². The van der Waals surface area contributed by atoms with Gasteiger partial charge in [0.1, 0.15) is 12.4 Å². The number of nitrogens with zero attached hydrogens (tertiary/aromatic N) is 5. The van der Waals surface area contributed by atoms with E-state index in [1.54, 1.807) is 0 Å². The molecule has 2 aliphatic heterocycles. The topological polar surface area (TPSA) is 126 Å². The van der Waals surface area contributed by atoms with E-state index in [-0.39, 0.29) is 36.6 Å². The number of carbonyl (C=O) groups excluding carboxylic acids is 1. The molecule has 1 saturated heterocycles. The largest absolute Gasteiger partial charge is 0.478 e. The lowest BCUT2D eigenvalue weighted by Gasteiger charge is -2.30. The Balaban J connectivity index is 1.31. The molecule has 4 rings (SSSR count). The van der Waals surface area contributed by atoms with Crippen molar-refractivity contribution in [1.82, 2.24) is 24.2 Å². The number of halogens is 3. The molecule has 0 aliphatic carbocycles. The van der Waals surface area contributed by atoms with Gasteiger partial charge in [0.05, 0.1) is 17.5 Å². The van der Waals surface area contributed by atoms with Crippen LogP contribution < -0.4 is 0 Å². The third kappa shape index (κ3) is 6.29. The highest BCUT2D eigenvalue weighted by Crippen LogP contribution is 2.30. The van der Waals surface area contributed by atoms with E-state index in [0.29, 0.717) is 37.2 Å². The second-order valence-corrected chi connectivity index (χ2v) is 11.5. The zero-order chi connectivity index (χ0) is 27.0. The third-order valence-electron chi connectivity index (χ3n) is 6.93. The number of benzene rings is 1. The van der Waals surface area contributed by atoms with Crippen LogP contribution in [0, 0.1) is 5.82 Å². The van der Waals surface area contributed by atoms with E-state index < -0.39 is 53.0 Å². The maximum absolute atomic E-state index is 14.7. The van der Waals surface area contributed by atoms with Crippen LogP contribution in [-0.2, 0) is 34.3 Å². The Morgan fingerprint density at radius 3 is 2.51 bits per heavy atom. The van der Waals surface area contributed by atoms with Gasteiger partial charge in [-0.05, 0) is 37.0 Å². The van der Waals surface area contributed by atoms with Crippen molar-refractivity contribution in [1.29, 1.82) is 0 Å². The van der Waals surface area contributed by atoms with Crippen molar-refractivity contribution in [2.24, 2.45) is 0 Å². The summed E-state index contributed by atoms with van der Waals surface area (Å²) >= 11 is 0. The van der Waals surface area contributed by atoms with Gasteiger partial charge in [-0.2, -0.15) is 0 Å². The lowest BCUT2D eigenvalue weighted by atomic mass is 9.93. The number of rotatable bonds is 8. The van der Waals surface area contributed by atoms with E-state index in [9.17, 15) is 36.3 Å². The van der Waals surface area contributed by atoms with Gasteiger partial charge in [0.25, 0.3) is 5.92 Å². The van der Waals surface area contributed by atoms with Gasteiger partial charge in [0.2, 0.25) is 15.9 Å². The highest BCUT2D eigenvalue weighted by Gasteiger charge is 2.34. The molecule has 0 saturated carbocycles. The van der Waals surface area contributed by atoms with Gasteiger partial charge < -0.3 is 10.0 Å². The summed E-state index contributed by atoms with van der Waals surface area (Å²) in [6.45, 7) is -0.161. The summed E-state index contributed by atoms with van der Waals surface area (Å²) in [5.74, 6) is -5.72. The van der Waals surface area contributed by atoms with Crippen LogP contribution >= 0.6 is 0 Å². The predicted octanol–water partition coefficient (Wildman–Crippen LogP) is 2.25. The number of carboxylic acids is 1. The first-order valence-corrected chi connectivity index (χ1v) is 13.7. The molecule has 0 spiro atoms. The van der Waals surface area contributed by atoms with Gasteiger partial charge in [-0.1, -0.05) is 5.21 Å². The first kappa shape index (κ1) is 27.0. The number of sulfonamides is 1. The van der Waals surface area contributed by atoms with Crippen LogP contribution in [0.4, 0.5) is 13.2 Å². The van der Waals surface area contributed by atoms with E-state index in [4.69, 9.17) is 0 Å². The fraction of sp³-hybridized carbons (Fsp3) is 0.565. The van der Waals surface area contributed by atoms with Crippen molar-refractivity contribution in [2.45, 2.75) is 57.0 Å². The SMILES string of the molecule is CS(=O)(=O)N1CCC(c2cn(CC(F)(F)CCC(=O)N3CCc4c(C(=O)O)ccc(F)c4C3)nn2)CC1. The Kier molecular flexibility index (Phi) is 7.60. The molecule has 202 valence electrons. The zero-order valence-corrected chi connectivity index (χ0v) is 21.1. The molecule has 1 fully saturated rings. The maximum atomic E-state index is 14.7. The van der Waals surface area contributed by atoms with Gasteiger partial charge in [-0.15, -0.1) is 5.10 Å². The highest BCUT2D eigenvalue weighted by molar-refractivity contribution is 7.88. The van der Waals surface area contributed by atoms with Crippen LogP contribution in [0.1, 0.15) is 58.8 Å².